The molecule has 0 bridgehead atoms. The molecule has 1 aromatic carbocycles. The van der Waals surface area contributed by atoms with Crippen molar-refractivity contribution in [1.82, 2.24) is 9.88 Å². The van der Waals surface area contributed by atoms with E-state index < -0.39 is 23.5 Å². The molecule has 0 saturated carbocycles. The first-order valence-electron chi connectivity index (χ1n) is 11.4. The first kappa shape index (κ1) is 26.2. The van der Waals surface area contributed by atoms with Crippen molar-refractivity contribution in [2.45, 2.75) is 71.1 Å². The lowest BCUT2D eigenvalue weighted by Gasteiger charge is -2.50. The zero-order chi connectivity index (χ0) is 25.0. The number of amides is 1. The van der Waals surface area contributed by atoms with E-state index in [1.165, 1.54) is 6.20 Å². The summed E-state index contributed by atoms with van der Waals surface area (Å²) in [5.74, 6) is -1.02. The molecule has 182 valence electrons. The van der Waals surface area contributed by atoms with E-state index in [1.54, 1.807) is 43.9 Å². The van der Waals surface area contributed by atoms with Crippen molar-refractivity contribution in [2.24, 2.45) is 5.41 Å². The van der Waals surface area contributed by atoms with Gasteiger partial charge in [0.25, 0.3) is 0 Å². The monoisotopic (exact) mass is 504 g/mol. The summed E-state index contributed by atoms with van der Waals surface area (Å²) >= 11 is 12.4. The van der Waals surface area contributed by atoms with Crippen LogP contribution in [0.3, 0.4) is 0 Å². The second-order valence-corrected chi connectivity index (χ2v) is 10.1. The molecule has 0 N–H and O–H groups in total. The number of ether oxygens (including phenoxy) is 1. The highest BCUT2D eigenvalue weighted by molar-refractivity contribution is 6.30. The van der Waals surface area contributed by atoms with E-state index in [0.717, 1.165) is 11.8 Å². The summed E-state index contributed by atoms with van der Waals surface area (Å²) in [5.41, 5.74) is 0.506. The number of hydrogen-bond acceptors (Lipinski definition) is 5. The Morgan fingerprint density at radius 3 is 2.56 bits per heavy atom. The Bertz CT molecular complexity index is 1040. The van der Waals surface area contributed by atoms with E-state index in [0.29, 0.717) is 28.6 Å². The largest absolute Gasteiger partial charge is 0.461 e. The number of piperidine rings is 1. The highest BCUT2D eigenvalue weighted by Crippen LogP contribution is 2.51. The van der Waals surface area contributed by atoms with Crippen LogP contribution in [-0.2, 0) is 19.1 Å². The molecule has 1 aliphatic rings. The number of carbonyl (C=O) groups excluding carboxylic acids is 3. The van der Waals surface area contributed by atoms with Crippen LogP contribution in [0.1, 0.15) is 70.2 Å². The summed E-state index contributed by atoms with van der Waals surface area (Å²) in [4.78, 5) is 44.9. The first-order chi connectivity index (χ1) is 16.1. The number of esters is 1. The van der Waals surface area contributed by atoms with Gasteiger partial charge in [0, 0.05) is 23.6 Å². The number of aromatic nitrogens is 1. The Labute approximate surface area is 210 Å². The van der Waals surface area contributed by atoms with Crippen molar-refractivity contribution >= 4 is 41.4 Å². The molecule has 1 saturated heterocycles. The molecule has 4 atom stereocenters. The summed E-state index contributed by atoms with van der Waals surface area (Å²) in [6.45, 7) is 7.16. The van der Waals surface area contributed by atoms with Gasteiger partial charge in [0.1, 0.15) is 12.3 Å². The van der Waals surface area contributed by atoms with Crippen LogP contribution in [0.25, 0.3) is 0 Å². The topological polar surface area (TPSA) is 76.6 Å². The number of nitrogens with zero attached hydrogens (tertiary/aromatic N) is 2. The molecule has 1 fully saturated rings. The Hall–Kier alpha value is -2.44. The van der Waals surface area contributed by atoms with E-state index in [1.807, 2.05) is 25.1 Å². The van der Waals surface area contributed by atoms with Gasteiger partial charge in [-0.15, -0.1) is 0 Å². The smallest absolute Gasteiger partial charge is 0.329 e. The van der Waals surface area contributed by atoms with Crippen LogP contribution in [0.2, 0.25) is 10.0 Å². The molecule has 1 amide bonds. The number of benzene rings is 1. The SMILES string of the molecule is CC[C@@H](C(=O)OC(C)C)N1C(=O)[C@@](C)(CC=O)C[C@H](c2cccc(Cl)c2)[C@H]1c1ccc(Cl)cn1. The van der Waals surface area contributed by atoms with Crippen molar-refractivity contribution in [3.8, 4) is 0 Å². The highest BCUT2D eigenvalue weighted by atomic mass is 35.5. The molecule has 0 aliphatic carbocycles. The first-order valence-corrected chi connectivity index (χ1v) is 12.2. The molecule has 1 aliphatic heterocycles. The summed E-state index contributed by atoms with van der Waals surface area (Å²) < 4.78 is 5.53. The summed E-state index contributed by atoms with van der Waals surface area (Å²) in [5, 5.41) is 1.03. The predicted molar refractivity (Wildman–Crippen MR) is 132 cm³/mol. The maximum atomic E-state index is 14.0. The number of rotatable bonds is 8. The van der Waals surface area contributed by atoms with Gasteiger partial charge in [0.05, 0.1) is 28.3 Å². The van der Waals surface area contributed by atoms with Gasteiger partial charge in [-0.3, -0.25) is 9.78 Å². The van der Waals surface area contributed by atoms with Crippen LogP contribution in [0.4, 0.5) is 0 Å². The average Bonchev–Trinajstić information content (AvgIpc) is 2.77. The van der Waals surface area contributed by atoms with E-state index in [4.69, 9.17) is 27.9 Å². The fourth-order valence-corrected chi connectivity index (χ4v) is 5.05. The molecular weight excluding hydrogens is 475 g/mol. The van der Waals surface area contributed by atoms with Crippen molar-refractivity contribution < 1.29 is 19.1 Å². The Kier molecular flexibility index (Phi) is 8.37. The second-order valence-electron chi connectivity index (χ2n) is 9.27. The lowest BCUT2D eigenvalue weighted by atomic mass is 9.67. The third kappa shape index (κ3) is 5.44. The molecule has 34 heavy (non-hydrogen) atoms. The van der Waals surface area contributed by atoms with E-state index in [2.05, 4.69) is 4.98 Å². The molecule has 2 aromatic rings. The minimum atomic E-state index is -0.997. The zero-order valence-electron chi connectivity index (χ0n) is 19.8. The van der Waals surface area contributed by atoms with E-state index >= 15 is 0 Å². The van der Waals surface area contributed by atoms with Crippen LogP contribution in [0.5, 0.6) is 0 Å². The van der Waals surface area contributed by atoms with Crippen LogP contribution < -0.4 is 0 Å². The van der Waals surface area contributed by atoms with E-state index in [9.17, 15) is 14.4 Å². The van der Waals surface area contributed by atoms with Gasteiger partial charge < -0.3 is 14.4 Å². The number of hydrogen-bond donors (Lipinski definition) is 0. The van der Waals surface area contributed by atoms with Crippen LogP contribution in [0.15, 0.2) is 42.6 Å². The summed E-state index contributed by atoms with van der Waals surface area (Å²) in [7, 11) is 0. The van der Waals surface area contributed by atoms with Crippen molar-refractivity contribution in [2.75, 3.05) is 0 Å². The third-order valence-electron chi connectivity index (χ3n) is 6.31. The van der Waals surface area contributed by atoms with Gasteiger partial charge in [0.2, 0.25) is 5.91 Å². The van der Waals surface area contributed by atoms with Gasteiger partial charge in [0.15, 0.2) is 0 Å². The van der Waals surface area contributed by atoms with Crippen molar-refractivity contribution in [3.05, 3.63) is 63.9 Å². The highest BCUT2D eigenvalue weighted by Gasteiger charge is 2.53. The molecule has 3 rings (SSSR count). The van der Waals surface area contributed by atoms with E-state index in [-0.39, 0.29) is 24.3 Å². The predicted octanol–water partition coefficient (Wildman–Crippen LogP) is 5.77. The molecule has 0 radical (unpaired) electrons. The van der Waals surface area contributed by atoms with Crippen LogP contribution in [0, 0.1) is 5.41 Å². The third-order valence-corrected chi connectivity index (χ3v) is 6.77. The molecule has 8 heteroatoms. The number of halogens is 2. The molecule has 1 aromatic heterocycles. The van der Waals surface area contributed by atoms with Gasteiger partial charge in [-0.05, 0) is 56.5 Å². The number of likely N-dealkylation sites (tertiary alicyclic amines) is 1. The quantitative estimate of drug-likeness (QED) is 0.336. The van der Waals surface area contributed by atoms with Crippen LogP contribution in [-0.4, -0.2) is 40.2 Å². The fraction of sp³-hybridized carbons (Fsp3) is 0.462. The summed E-state index contributed by atoms with van der Waals surface area (Å²) in [6.07, 6.45) is 2.74. The number of aldehydes is 1. The van der Waals surface area contributed by atoms with Gasteiger partial charge in [-0.1, -0.05) is 49.2 Å². The fourth-order valence-electron chi connectivity index (χ4n) is 4.74. The maximum absolute atomic E-state index is 14.0. The second kappa shape index (κ2) is 10.9. The van der Waals surface area contributed by atoms with Gasteiger partial charge in [-0.25, -0.2) is 4.79 Å². The van der Waals surface area contributed by atoms with Crippen LogP contribution >= 0.6 is 23.2 Å². The molecule has 2 heterocycles. The Balaban J connectivity index is 2.24. The Morgan fingerprint density at radius 2 is 2.00 bits per heavy atom. The van der Waals surface area contributed by atoms with Crippen molar-refractivity contribution in [1.29, 1.82) is 0 Å². The normalized spacial score (nSPS) is 23.6. The Morgan fingerprint density at radius 1 is 1.26 bits per heavy atom. The number of carbonyl (C=O) groups is 3. The summed E-state index contributed by atoms with van der Waals surface area (Å²) in [6, 6.07) is 9.51. The molecule has 6 nitrogen and oxygen atoms in total. The molecular formula is C26H30Cl2N2O4. The van der Waals surface area contributed by atoms with Crippen molar-refractivity contribution in [3.63, 3.8) is 0 Å². The molecule has 0 spiro atoms. The lowest BCUT2D eigenvalue weighted by Crippen LogP contribution is -2.58. The maximum Gasteiger partial charge on any atom is 0.329 e. The molecule has 0 unspecified atom stereocenters. The standard InChI is InChI=1S/C26H30Cl2N2O4/c1-5-22(24(32)34-16(2)3)30-23(21-10-9-19(28)15-29-21)20(17-7-6-8-18(27)13-17)14-26(4,11-12-31)25(30)33/h6-10,12-13,15-16,20,22-23H,5,11,14H2,1-4H3/t20-,22+,23+,26+/m1/s1. The minimum Gasteiger partial charge on any atom is -0.461 e. The lowest BCUT2D eigenvalue weighted by molar-refractivity contribution is -0.169. The van der Waals surface area contributed by atoms with Gasteiger partial charge in [-0.2, -0.15) is 0 Å². The zero-order valence-corrected chi connectivity index (χ0v) is 21.3. The van der Waals surface area contributed by atoms with Gasteiger partial charge >= 0.3 is 5.97 Å². The average molecular weight is 505 g/mol. The number of pyridine rings is 1. The minimum absolute atomic E-state index is 0.0375.